The number of aromatic amines is 2. The minimum atomic E-state index is -0.708. The molecule has 0 atom stereocenters. The highest BCUT2D eigenvalue weighted by Gasteiger charge is 2.09. The number of carbonyl (C=O) groups is 2. The lowest BCUT2D eigenvalue weighted by Crippen LogP contribution is -2.25. The lowest BCUT2D eigenvalue weighted by molar-refractivity contribution is -0.113. The number of rotatable bonds is 5. The average molecular weight is 320 g/mol. The van der Waals surface area contributed by atoms with Crippen molar-refractivity contribution in [2.45, 2.75) is 11.9 Å². The van der Waals surface area contributed by atoms with Crippen LogP contribution in [0.5, 0.6) is 0 Å². The fourth-order valence-corrected chi connectivity index (χ4v) is 2.21. The van der Waals surface area contributed by atoms with Gasteiger partial charge in [-0.15, -0.1) is 0 Å². The molecule has 0 radical (unpaired) electrons. The molecule has 3 N–H and O–H groups in total. The van der Waals surface area contributed by atoms with Gasteiger partial charge in [0.05, 0.1) is 5.75 Å². The second kappa shape index (κ2) is 6.85. The van der Waals surface area contributed by atoms with Gasteiger partial charge in [-0.05, 0) is 19.1 Å². The molecule has 0 spiro atoms. The molecule has 2 aromatic rings. The first-order valence-electron chi connectivity index (χ1n) is 6.18. The number of ketones is 1. The highest BCUT2D eigenvalue weighted by molar-refractivity contribution is 7.99. The summed E-state index contributed by atoms with van der Waals surface area (Å²) < 4.78 is 0. The Balaban J connectivity index is 1.98. The number of nitrogens with one attached hydrogen (secondary N) is 3. The van der Waals surface area contributed by atoms with Gasteiger partial charge in [0.2, 0.25) is 5.91 Å². The largest absolute Gasteiger partial charge is 0.342 e. The Hall–Kier alpha value is -2.68. The van der Waals surface area contributed by atoms with Crippen molar-refractivity contribution in [2.24, 2.45) is 0 Å². The van der Waals surface area contributed by atoms with Gasteiger partial charge in [-0.25, -0.2) is 9.89 Å². The smallest absolute Gasteiger partial charge is 0.325 e. The molecule has 0 bridgehead atoms. The van der Waals surface area contributed by atoms with Gasteiger partial charge < -0.3 is 5.32 Å². The molecule has 1 aromatic heterocycles. The second-order valence-electron chi connectivity index (χ2n) is 4.29. The third-order valence-corrected chi connectivity index (χ3v) is 3.53. The molecule has 0 saturated carbocycles. The van der Waals surface area contributed by atoms with E-state index in [0.29, 0.717) is 11.3 Å². The van der Waals surface area contributed by atoms with Crippen molar-refractivity contribution >= 4 is 29.1 Å². The number of benzene rings is 1. The summed E-state index contributed by atoms with van der Waals surface area (Å²) in [4.78, 5) is 47.3. The summed E-state index contributed by atoms with van der Waals surface area (Å²) in [5.41, 5.74) is -0.384. The summed E-state index contributed by atoms with van der Waals surface area (Å²) in [6, 6.07) is 6.53. The summed E-state index contributed by atoms with van der Waals surface area (Å²) in [7, 11) is 0. The molecule has 0 fully saturated rings. The molecule has 9 heteroatoms. The second-order valence-corrected chi connectivity index (χ2v) is 5.25. The highest BCUT2D eigenvalue weighted by Crippen LogP contribution is 2.13. The van der Waals surface area contributed by atoms with Crippen LogP contribution < -0.4 is 16.6 Å². The van der Waals surface area contributed by atoms with Gasteiger partial charge in [-0.1, -0.05) is 23.9 Å². The number of aromatic nitrogens is 3. The molecule has 114 valence electrons. The molecule has 22 heavy (non-hydrogen) atoms. The fourth-order valence-electron chi connectivity index (χ4n) is 1.58. The van der Waals surface area contributed by atoms with Crippen LogP contribution in [0.15, 0.2) is 38.9 Å². The van der Waals surface area contributed by atoms with Crippen molar-refractivity contribution in [3.05, 3.63) is 50.7 Å². The monoisotopic (exact) mass is 320 g/mol. The lowest BCUT2D eigenvalue weighted by Gasteiger charge is -2.05. The van der Waals surface area contributed by atoms with Gasteiger partial charge in [0, 0.05) is 11.3 Å². The summed E-state index contributed by atoms with van der Waals surface area (Å²) in [5, 5.41) is 8.24. The first-order chi connectivity index (χ1) is 10.5. The van der Waals surface area contributed by atoms with E-state index in [1.54, 1.807) is 24.3 Å². The number of hydrogen-bond acceptors (Lipinski definition) is 6. The lowest BCUT2D eigenvalue weighted by atomic mass is 10.1. The zero-order chi connectivity index (χ0) is 16.1. The Morgan fingerprint density at radius 2 is 2.09 bits per heavy atom. The van der Waals surface area contributed by atoms with Gasteiger partial charge in [-0.2, -0.15) is 5.10 Å². The summed E-state index contributed by atoms with van der Waals surface area (Å²) >= 11 is 0.890. The van der Waals surface area contributed by atoms with E-state index in [9.17, 15) is 19.2 Å². The van der Waals surface area contributed by atoms with Crippen LogP contribution in [0, 0.1) is 0 Å². The predicted octanol–water partition coefficient (Wildman–Crippen LogP) is 0.392. The van der Waals surface area contributed by atoms with Crippen LogP contribution in [-0.4, -0.2) is 32.6 Å². The third-order valence-electron chi connectivity index (χ3n) is 2.57. The number of amides is 1. The van der Waals surface area contributed by atoms with Crippen LogP contribution in [-0.2, 0) is 4.79 Å². The van der Waals surface area contributed by atoms with Gasteiger partial charge in [0.15, 0.2) is 10.8 Å². The molecule has 0 unspecified atom stereocenters. The molecule has 0 saturated heterocycles. The van der Waals surface area contributed by atoms with E-state index >= 15 is 0 Å². The van der Waals surface area contributed by atoms with Crippen LogP contribution in [0.1, 0.15) is 17.3 Å². The summed E-state index contributed by atoms with van der Waals surface area (Å²) in [5.74, 6) is -0.528. The molecule has 2 rings (SSSR count). The SMILES string of the molecule is CC(=O)c1cccc(NC(=O)CSc2n[nH]c(=O)[nH]c2=O)c1. The van der Waals surface area contributed by atoms with Crippen LogP contribution in [0.3, 0.4) is 0 Å². The number of thioether (sulfide) groups is 1. The van der Waals surface area contributed by atoms with Crippen LogP contribution >= 0.6 is 11.8 Å². The Kier molecular flexibility index (Phi) is 4.89. The number of H-pyrrole nitrogens is 2. The van der Waals surface area contributed by atoms with Crippen molar-refractivity contribution in [3.8, 4) is 0 Å². The van der Waals surface area contributed by atoms with E-state index in [1.807, 2.05) is 4.98 Å². The predicted molar refractivity (Wildman–Crippen MR) is 81.3 cm³/mol. The number of Topliss-reactive ketones (excluding diaryl/α,β-unsaturated/α-hetero) is 1. The Bertz CT molecular complexity index is 827. The van der Waals surface area contributed by atoms with Crippen molar-refractivity contribution in [1.82, 2.24) is 15.2 Å². The summed E-state index contributed by atoms with van der Waals surface area (Å²) in [6.45, 7) is 1.44. The van der Waals surface area contributed by atoms with Gasteiger partial charge >= 0.3 is 5.69 Å². The van der Waals surface area contributed by atoms with Crippen molar-refractivity contribution in [2.75, 3.05) is 11.1 Å². The minimum absolute atomic E-state index is 0.00719. The zero-order valence-corrected chi connectivity index (χ0v) is 12.3. The van der Waals surface area contributed by atoms with Crippen LogP contribution in [0.2, 0.25) is 0 Å². The Morgan fingerprint density at radius 1 is 1.32 bits per heavy atom. The topological polar surface area (TPSA) is 125 Å². The number of anilines is 1. The zero-order valence-electron chi connectivity index (χ0n) is 11.5. The van der Waals surface area contributed by atoms with Crippen molar-refractivity contribution in [1.29, 1.82) is 0 Å². The van der Waals surface area contributed by atoms with E-state index in [1.165, 1.54) is 6.92 Å². The maximum atomic E-state index is 11.8. The van der Waals surface area contributed by atoms with E-state index in [4.69, 9.17) is 0 Å². The maximum Gasteiger partial charge on any atom is 0.342 e. The minimum Gasteiger partial charge on any atom is -0.325 e. The molecule has 0 aliphatic rings. The van der Waals surface area contributed by atoms with Crippen LogP contribution in [0.4, 0.5) is 5.69 Å². The molecule has 0 aliphatic carbocycles. The quantitative estimate of drug-likeness (QED) is 0.541. The first-order valence-corrected chi connectivity index (χ1v) is 7.17. The van der Waals surface area contributed by atoms with Crippen molar-refractivity contribution < 1.29 is 9.59 Å². The Morgan fingerprint density at radius 3 is 2.77 bits per heavy atom. The molecule has 8 nitrogen and oxygen atoms in total. The molecule has 1 amide bonds. The van der Waals surface area contributed by atoms with Crippen molar-refractivity contribution in [3.63, 3.8) is 0 Å². The number of carbonyl (C=O) groups excluding carboxylic acids is 2. The van der Waals surface area contributed by atoms with E-state index in [2.05, 4.69) is 15.5 Å². The highest BCUT2D eigenvalue weighted by atomic mass is 32.2. The van der Waals surface area contributed by atoms with Gasteiger partial charge in [-0.3, -0.25) is 19.4 Å². The fraction of sp³-hybridized carbons (Fsp3) is 0.154. The van der Waals surface area contributed by atoms with Gasteiger partial charge in [0.25, 0.3) is 5.56 Å². The molecular formula is C13H12N4O4S. The third kappa shape index (κ3) is 4.16. The standard InChI is InChI=1S/C13H12N4O4S/c1-7(18)8-3-2-4-9(5-8)14-10(19)6-22-12-11(20)15-13(21)17-16-12/h2-5H,6H2,1H3,(H,14,19)(H2,15,17,20,21). The van der Waals surface area contributed by atoms with E-state index in [-0.39, 0.29) is 22.5 Å². The average Bonchev–Trinajstić information content (AvgIpc) is 2.46. The van der Waals surface area contributed by atoms with E-state index in [0.717, 1.165) is 11.8 Å². The number of nitrogens with zero attached hydrogens (tertiary/aromatic N) is 1. The van der Waals surface area contributed by atoms with E-state index < -0.39 is 11.2 Å². The molecule has 0 aliphatic heterocycles. The first kappa shape index (κ1) is 15.7. The maximum absolute atomic E-state index is 11.8. The molecule has 1 aromatic carbocycles. The van der Waals surface area contributed by atoms with Gasteiger partial charge in [0.1, 0.15) is 0 Å². The normalized spacial score (nSPS) is 10.2. The summed E-state index contributed by atoms with van der Waals surface area (Å²) in [6.07, 6.45) is 0. The number of hydrogen-bond donors (Lipinski definition) is 3. The Labute approximate surface area is 128 Å². The molecule has 1 heterocycles. The van der Waals surface area contributed by atoms with Crippen LogP contribution in [0.25, 0.3) is 0 Å². The molecular weight excluding hydrogens is 308 g/mol.